The minimum atomic E-state index is 0.384. The maximum Gasteiger partial charge on any atom is 0.150 e. The number of aromatic amines is 1. The molecule has 0 radical (unpaired) electrons. The van der Waals surface area contributed by atoms with Crippen molar-refractivity contribution in [3.63, 3.8) is 0 Å². The summed E-state index contributed by atoms with van der Waals surface area (Å²) in [5, 5.41) is 6.84. The van der Waals surface area contributed by atoms with Gasteiger partial charge in [-0.15, -0.1) is 0 Å². The Bertz CT molecular complexity index is 518. The molecule has 0 amide bonds. The molecule has 2 aromatic rings. The summed E-state index contributed by atoms with van der Waals surface area (Å²) in [6, 6.07) is 1.72. The molecule has 3 nitrogen and oxygen atoms in total. The fourth-order valence-electron chi connectivity index (χ4n) is 1.22. The van der Waals surface area contributed by atoms with Crippen LogP contribution in [-0.2, 0) is 0 Å². The van der Waals surface area contributed by atoms with E-state index in [1.54, 1.807) is 18.6 Å². The van der Waals surface area contributed by atoms with E-state index in [0.717, 1.165) is 16.7 Å². The van der Waals surface area contributed by atoms with E-state index in [4.69, 9.17) is 28.2 Å². The van der Waals surface area contributed by atoms with Crippen molar-refractivity contribution < 1.29 is 4.42 Å². The fraction of sp³-hybridized carbons (Fsp3) is 0.111. The molecular weight excluding hydrogens is 220 g/mol. The lowest BCUT2D eigenvalue weighted by Gasteiger charge is -1.99. The van der Waals surface area contributed by atoms with Gasteiger partial charge >= 0.3 is 0 Å². The maximum atomic E-state index is 5.77. The molecule has 0 aromatic carbocycles. The normalized spacial score (nSPS) is 10.4. The molecular formula is C9H7ClN2OS. The van der Waals surface area contributed by atoms with Crippen LogP contribution in [0.15, 0.2) is 23.0 Å². The van der Waals surface area contributed by atoms with Gasteiger partial charge in [0.05, 0.1) is 12.5 Å². The first-order chi connectivity index (χ1) is 6.68. The number of H-pyrrole nitrogens is 1. The minimum Gasteiger partial charge on any atom is -0.472 e. The van der Waals surface area contributed by atoms with E-state index in [2.05, 4.69) is 10.2 Å². The first-order valence-electron chi connectivity index (χ1n) is 3.97. The van der Waals surface area contributed by atoms with Crippen LogP contribution in [0.5, 0.6) is 0 Å². The average molecular weight is 227 g/mol. The zero-order valence-corrected chi connectivity index (χ0v) is 8.95. The number of nitrogens with one attached hydrogen (secondary N) is 1. The molecule has 2 aromatic heterocycles. The molecule has 0 saturated heterocycles. The van der Waals surface area contributed by atoms with Gasteiger partial charge in [-0.25, -0.2) is 0 Å². The predicted octanol–water partition coefficient (Wildman–Crippen LogP) is 3.36. The molecule has 2 rings (SSSR count). The monoisotopic (exact) mass is 226 g/mol. The lowest BCUT2D eigenvalue weighted by atomic mass is 10.1. The zero-order chi connectivity index (χ0) is 10.1. The van der Waals surface area contributed by atoms with Crippen LogP contribution in [0.2, 0.25) is 5.15 Å². The summed E-state index contributed by atoms with van der Waals surface area (Å²) >= 11 is 10.9. The molecule has 0 aliphatic heterocycles. The van der Waals surface area contributed by atoms with Crippen molar-refractivity contribution in [3.05, 3.63) is 33.9 Å². The highest BCUT2D eigenvalue weighted by Crippen LogP contribution is 2.25. The molecule has 1 N–H and O–H groups in total. The van der Waals surface area contributed by atoms with Crippen LogP contribution in [0.1, 0.15) is 5.56 Å². The molecule has 72 valence electrons. The van der Waals surface area contributed by atoms with Crippen molar-refractivity contribution in [2.45, 2.75) is 6.92 Å². The highest BCUT2D eigenvalue weighted by Gasteiger charge is 2.07. The zero-order valence-electron chi connectivity index (χ0n) is 7.37. The Labute approximate surface area is 90.7 Å². The van der Waals surface area contributed by atoms with Crippen LogP contribution in [0, 0.1) is 11.6 Å². The van der Waals surface area contributed by atoms with E-state index in [1.807, 2.05) is 6.92 Å². The van der Waals surface area contributed by atoms with Crippen LogP contribution in [0.3, 0.4) is 0 Å². The fourth-order valence-corrected chi connectivity index (χ4v) is 1.58. The van der Waals surface area contributed by atoms with E-state index in [-0.39, 0.29) is 0 Å². The number of aryl methyl sites for hydroxylation is 1. The minimum absolute atomic E-state index is 0.384. The van der Waals surface area contributed by atoms with Crippen LogP contribution < -0.4 is 0 Å². The topological polar surface area (TPSA) is 41.8 Å². The van der Waals surface area contributed by atoms with Crippen LogP contribution in [-0.4, -0.2) is 10.2 Å². The van der Waals surface area contributed by atoms with Crippen molar-refractivity contribution in [2.24, 2.45) is 0 Å². The van der Waals surface area contributed by atoms with Gasteiger partial charge in [0.15, 0.2) is 0 Å². The van der Waals surface area contributed by atoms with E-state index < -0.39 is 0 Å². The van der Waals surface area contributed by atoms with Gasteiger partial charge in [-0.1, -0.05) is 23.8 Å². The molecule has 14 heavy (non-hydrogen) atoms. The van der Waals surface area contributed by atoms with Crippen molar-refractivity contribution in [2.75, 3.05) is 0 Å². The number of halogens is 1. The second kappa shape index (κ2) is 3.55. The van der Waals surface area contributed by atoms with Crippen LogP contribution in [0.25, 0.3) is 11.1 Å². The third kappa shape index (κ3) is 1.58. The SMILES string of the molecule is Cc1cocc1-c1cc(Cl)n[nH]c1=S. The van der Waals surface area contributed by atoms with Crippen molar-refractivity contribution in [3.8, 4) is 11.1 Å². The second-order valence-corrected chi connectivity index (χ2v) is 3.70. The molecule has 0 atom stereocenters. The average Bonchev–Trinajstić information content (AvgIpc) is 2.56. The molecule has 0 spiro atoms. The van der Waals surface area contributed by atoms with Crippen molar-refractivity contribution >= 4 is 23.8 Å². The van der Waals surface area contributed by atoms with Crippen molar-refractivity contribution in [1.82, 2.24) is 10.2 Å². The third-order valence-corrected chi connectivity index (χ3v) is 2.42. The Morgan fingerprint density at radius 2 is 2.21 bits per heavy atom. The number of hydrogen-bond acceptors (Lipinski definition) is 3. The third-order valence-electron chi connectivity index (χ3n) is 1.92. The number of furan rings is 1. The molecule has 2 heterocycles. The first-order valence-corrected chi connectivity index (χ1v) is 4.75. The van der Waals surface area contributed by atoms with Gasteiger partial charge in [-0.05, 0) is 18.6 Å². The summed E-state index contributed by atoms with van der Waals surface area (Å²) in [6.07, 6.45) is 3.31. The highest BCUT2D eigenvalue weighted by molar-refractivity contribution is 7.71. The molecule has 0 fully saturated rings. The smallest absolute Gasteiger partial charge is 0.150 e. The van der Waals surface area contributed by atoms with Gasteiger partial charge in [0.2, 0.25) is 0 Å². The maximum absolute atomic E-state index is 5.77. The van der Waals surface area contributed by atoms with Crippen molar-refractivity contribution in [1.29, 1.82) is 0 Å². The molecule has 0 aliphatic rings. The van der Waals surface area contributed by atoms with Crippen LogP contribution in [0.4, 0.5) is 0 Å². The molecule has 0 bridgehead atoms. The van der Waals surface area contributed by atoms with E-state index >= 15 is 0 Å². The number of nitrogens with zero attached hydrogens (tertiary/aromatic N) is 1. The predicted molar refractivity (Wildman–Crippen MR) is 56.9 cm³/mol. The van der Waals surface area contributed by atoms with Gasteiger partial charge in [0.25, 0.3) is 0 Å². The Hall–Kier alpha value is -1.13. The highest BCUT2D eigenvalue weighted by atomic mass is 35.5. The summed E-state index contributed by atoms with van der Waals surface area (Å²) in [4.78, 5) is 0. The van der Waals surface area contributed by atoms with E-state index in [1.165, 1.54) is 0 Å². The Kier molecular flexibility index (Phi) is 2.39. The van der Waals surface area contributed by atoms with Gasteiger partial charge in [0.1, 0.15) is 9.79 Å². The van der Waals surface area contributed by atoms with Gasteiger partial charge < -0.3 is 4.42 Å². The number of hydrogen-bond donors (Lipinski definition) is 1. The molecule has 0 unspecified atom stereocenters. The van der Waals surface area contributed by atoms with E-state index in [9.17, 15) is 0 Å². The Balaban J connectivity index is 2.68. The second-order valence-electron chi connectivity index (χ2n) is 2.90. The summed E-state index contributed by atoms with van der Waals surface area (Å²) in [5.74, 6) is 0. The molecule has 0 saturated carbocycles. The summed E-state index contributed by atoms with van der Waals surface area (Å²) < 4.78 is 5.63. The Morgan fingerprint density at radius 1 is 1.43 bits per heavy atom. The standard InChI is InChI=1S/C9H7ClN2OS/c1-5-3-13-4-7(5)6-2-8(10)11-12-9(6)14/h2-4H,1H3,(H,12,14). The summed E-state index contributed by atoms with van der Waals surface area (Å²) in [6.45, 7) is 1.95. The summed E-state index contributed by atoms with van der Waals surface area (Å²) in [7, 11) is 0. The molecule has 0 aliphatic carbocycles. The summed E-state index contributed by atoms with van der Waals surface area (Å²) in [5.41, 5.74) is 2.80. The lowest BCUT2D eigenvalue weighted by Crippen LogP contribution is -1.87. The Morgan fingerprint density at radius 3 is 2.86 bits per heavy atom. The largest absolute Gasteiger partial charge is 0.472 e. The number of aromatic nitrogens is 2. The number of rotatable bonds is 1. The van der Waals surface area contributed by atoms with Gasteiger partial charge in [0, 0.05) is 11.1 Å². The molecule has 5 heteroatoms. The lowest BCUT2D eigenvalue weighted by molar-refractivity contribution is 0.566. The van der Waals surface area contributed by atoms with Crippen LogP contribution >= 0.6 is 23.8 Å². The van der Waals surface area contributed by atoms with Gasteiger partial charge in [-0.3, -0.25) is 5.10 Å². The quantitative estimate of drug-likeness (QED) is 0.759. The first kappa shape index (κ1) is 9.43. The van der Waals surface area contributed by atoms with E-state index in [0.29, 0.717) is 9.79 Å². The van der Waals surface area contributed by atoms with Gasteiger partial charge in [-0.2, -0.15) is 5.10 Å².